The first-order chi connectivity index (χ1) is 11.5. The first-order valence-electron chi connectivity index (χ1n) is 9.61. The minimum Gasteiger partial charge on any atom is -0.444 e. The Kier molecular flexibility index (Phi) is 6.23. The third-order valence-electron chi connectivity index (χ3n) is 5.89. The van der Waals surface area contributed by atoms with E-state index in [9.17, 15) is 4.79 Å². The summed E-state index contributed by atoms with van der Waals surface area (Å²) in [6, 6.07) is 0.849. The summed E-state index contributed by atoms with van der Waals surface area (Å²) < 4.78 is 5.22. The molecule has 2 aliphatic heterocycles. The molecule has 6 nitrogen and oxygen atoms in total. The molecule has 2 saturated carbocycles. The van der Waals surface area contributed by atoms with Crippen LogP contribution in [0.2, 0.25) is 0 Å². The van der Waals surface area contributed by atoms with Crippen LogP contribution in [0.4, 0.5) is 4.79 Å². The molecule has 0 aromatic carbocycles. The lowest BCUT2D eigenvalue weighted by Gasteiger charge is -2.58. The van der Waals surface area contributed by atoms with Crippen LogP contribution >= 0.6 is 12.4 Å². The maximum Gasteiger partial charge on any atom is 0.407 e. The number of hydrogen-bond donors (Lipinski definition) is 2. The molecule has 0 aromatic heterocycles. The molecule has 0 aromatic rings. The second kappa shape index (κ2) is 7.46. The zero-order chi connectivity index (χ0) is 18.5. The van der Waals surface area contributed by atoms with Gasteiger partial charge >= 0.3 is 6.09 Å². The molecule has 3 N–H and O–H groups in total. The van der Waals surface area contributed by atoms with Crippen molar-refractivity contribution in [2.75, 3.05) is 40.3 Å². The largest absolute Gasteiger partial charge is 0.444 e. The Morgan fingerprint density at radius 1 is 1.00 bits per heavy atom. The highest BCUT2D eigenvalue weighted by Crippen LogP contribution is 2.48. The Bertz CT molecular complexity index is 477. The highest BCUT2D eigenvalue weighted by atomic mass is 35.5. The maximum atomic E-state index is 11.5. The van der Waals surface area contributed by atoms with Crippen molar-refractivity contribution in [2.45, 2.75) is 64.1 Å². The number of hydrogen-bond acceptors (Lipinski definition) is 5. The number of nitrogens with zero attached hydrogens (tertiary/aromatic N) is 2. The zero-order valence-electron chi connectivity index (χ0n) is 17.0. The lowest BCUT2D eigenvalue weighted by Crippen LogP contribution is -2.65. The molecule has 0 bridgehead atoms. The van der Waals surface area contributed by atoms with E-state index in [4.69, 9.17) is 10.5 Å². The summed E-state index contributed by atoms with van der Waals surface area (Å²) in [6.45, 7) is 10.6. The van der Waals surface area contributed by atoms with Crippen molar-refractivity contribution in [3.63, 3.8) is 0 Å². The number of halogens is 1. The van der Waals surface area contributed by atoms with Gasteiger partial charge in [-0.05, 0) is 71.4 Å². The lowest BCUT2D eigenvalue weighted by molar-refractivity contribution is -0.0655. The van der Waals surface area contributed by atoms with Gasteiger partial charge in [-0.1, -0.05) is 0 Å². The van der Waals surface area contributed by atoms with Crippen LogP contribution in [-0.4, -0.2) is 73.9 Å². The second-order valence-electron chi connectivity index (χ2n) is 10.3. The highest BCUT2D eigenvalue weighted by Gasteiger charge is 2.51. The highest BCUT2D eigenvalue weighted by molar-refractivity contribution is 5.85. The molecule has 4 fully saturated rings. The normalized spacial score (nSPS) is 27.0. The van der Waals surface area contributed by atoms with E-state index < -0.39 is 5.60 Å². The Labute approximate surface area is 164 Å². The molecular formula is C19H37ClN4O2. The quantitative estimate of drug-likeness (QED) is 0.719. The monoisotopic (exact) mass is 388 g/mol. The van der Waals surface area contributed by atoms with Gasteiger partial charge in [-0.15, -0.1) is 12.4 Å². The number of carbonyl (C=O) groups is 1. The van der Waals surface area contributed by atoms with Crippen molar-refractivity contribution in [1.29, 1.82) is 0 Å². The molecule has 0 unspecified atom stereocenters. The topological polar surface area (TPSA) is 70.8 Å². The number of rotatable bonds is 1. The molecule has 4 aliphatic rings. The number of amides is 1. The smallest absolute Gasteiger partial charge is 0.407 e. The fourth-order valence-electron chi connectivity index (χ4n) is 5.33. The van der Waals surface area contributed by atoms with E-state index in [0.29, 0.717) is 22.9 Å². The van der Waals surface area contributed by atoms with Gasteiger partial charge in [0.25, 0.3) is 0 Å². The first-order valence-corrected chi connectivity index (χ1v) is 9.61. The Morgan fingerprint density at radius 2 is 1.42 bits per heavy atom. The summed E-state index contributed by atoms with van der Waals surface area (Å²) >= 11 is 0. The Hall–Kier alpha value is -0.560. The maximum absolute atomic E-state index is 11.5. The molecule has 4 rings (SSSR count). The van der Waals surface area contributed by atoms with Gasteiger partial charge in [0, 0.05) is 38.3 Å². The summed E-state index contributed by atoms with van der Waals surface area (Å²) in [6.07, 6.45) is 4.49. The molecule has 0 atom stereocenters. The van der Waals surface area contributed by atoms with E-state index in [1.165, 1.54) is 39.0 Å². The van der Waals surface area contributed by atoms with Gasteiger partial charge in [0.2, 0.25) is 0 Å². The molecular weight excluding hydrogens is 352 g/mol. The van der Waals surface area contributed by atoms with E-state index in [-0.39, 0.29) is 18.5 Å². The van der Waals surface area contributed by atoms with Crippen molar-refractivity contribution < 1.29 is 9.53 Å². The summed E-state index contributed by atoms with van der Waals surface area (Å²) in [4.78, 5) is 16.2. The van der Waals surface area contributed by atoms with Crippen molar-refractivity contribution in [2.24, 2.45) is 16.6 Å². The lowest BCUT2D eigenvalue weighted by atomic mass is 9.61. The third-order valence-corrected chi connectivity index (χ3v) is 5.89. The van der Waals surface area contributed by atoms with E-state index in [2.05, 4.69) is 29.2 Å². The van der Waals surface area contributed by atoms with Crippen molar-refractivity contribution in [3.8, 4) is 0 Å². The molecule has 7 heteroatoms. The standard InChI is InChI=1S/C12H22N2O2.C7H14N2.ClH/c1-11(2,3)16-10(15)13-9-5-12(6-9)7-14(4)8-12;1-9-4-7(5-9)2-6(8)3-7;/h9H,5-8H2,1-4H3,(H,13,15);6H,2-5,8H2,1H3;1H. The Balaban J connectivity index is 0.000000206. The van der Waals surface area contributed by atoms with Crippen LogP contribution in [0.3, 0.4) is 0 Å². The molecule has 0 radical (unpaired) electrons. The summed E-state index contributed by atoms with van der Waals surface area (Å²) in [5.41, 5.74) is 6.49. The SMILES string of the molecule is CN1CC2(CC(N)C2)C1.CN1CC2(CC(NC(=O)OC(C)(C)C)C2)C1.Cl. The van der Waals surface area contributed by atoms with Crippen LogP contribution in [-0.2, 0) is 4.74 Å². The van der Waals surface area contributed by atoms with Crippen molar-refractivity contribution >= 4 is 18.5 Å². The van der Waals surface area contributed by atoms with Crippen LogP contribution in [0, 0.1) is 10.8 Å². The predicted molar refractivity (Wildman–Crippen MR) is 107 cm³/mol. The van der Waals surface area contributed by atoms with E-state index in [1.807, 2.05) is 20.8 Å². The summed E-state index contributed by atoms with van der Waals surface area (Å²) in [7, 11) is 4.31. The average Bonchev–Trinajstić information content (AvgIpc) is 2.29. The second-order valence-corrected chi connectivity index (χ2v) is 10.3. The van der Waals surface area contributed by atoms with Crippen LogP contribution in [0.1, 0.15) is 46.5 Å². The number of alkyl carbamates (subject to hydrolysis) is 1. The number of likely N-dealkylation sites (tertiary alicyclic amines) is 2. The number of ether oxygens (including phenoxy) is 1. The molecule has 2 heterocycles. The fraction of sp³-hybridized carbons (Fsp3) is 0.947. The van der Waals surface area contributed by atoms with Gasteiger partial charge in [0.15, 0.2) is 0 Å². The van der Waals surface area contributed by atoms with Gasteiger partial charge in [0.05, 0.1) is 0 Å². The zero-order valence-corrected chi connectivity index (χ0v) is 17.8. The molecule has 26 heavy (non-hydrogen) atoms. The van der Waals surface area contributed by atoms with Crippen LogP contribution in [0.5, 0.6) is 0 Å². The van der Waals surface area contributed by atoms with Gasteiger partial charge in [0.1, 0.15) is 5.60 Å². The predicted octanol–water partition coefficient (Wildman–Crippen LogP) is 2.07. The first kappa shape index (κ1) is 21.7. The van der Waals surface area contributed by atoms with Crippen molar-refractivity contribution in [1.82, 2.24) is 15.1 Å². The minimum atomic E-state index is -0.401. The minimum absolute atomic E-state index is 0. The third kappa shape index (κ3) is 5.03. The summed E-state index contributed by atoms with van der Waals surface area (Å²) in [5.74, 6) is 0. The van der Waals surface area contributed by atoms with Gasteiger partial charge in [-0.2, -0.15) is 0 Å². The molecule has 152 valence electrons. The molecule has 2 saturated heterocycles. The number of nitrogens with two attached hydrogens (primary N) is 1. The van der Waals surface area contributed by atoms with E-state index in [1.54, 1.807) is 0 Å². The van der Waals surface area contributed by atoms with Crippen LogP contribution in [0.15, 0.2) is 0 Å². The van der Waals surface area contributed by atoms with Crippen molar-refractivity contribution in [3.05, 3.63) is 0 Å². The van der Waals surface area contributed by atoms with Gasteiger partial charge in [-0.25, -0.2) is 4.79 Å². The molecule has 2 aliphatic carbocycles. The number of carbonyl (C=O) groups excluding carboxylic acids is 1. The molecule has 2 spiro atoms. The summed E-state index contributed by atoms with van der Waals surface area (Å²) in [5, 5.41) is 2.93. The van der Waals surface area contributed by atoms with Crippen LogP contribution < -0.4 is 11.1 Å². The average molecular weight is 389 g/mol. The van der Waals surface area contributed by atoms with E-state index >= 15 is 0 Å². The Morgan fingerprint density at radius 3 is 1.77 bits per heavy atom. The van der Waals surface area contributed by atoms with E-state index in [0.717, 1.165) is 12.8 Å². The number of nitrogens with one attached hydrogen (secondary N) is 1. The van der Waals surface area contributed by atoms with Gasteiger partial charge < -0.3 is 25.6 Å². The van der Waals surface area contributed by atoms with Gasteiger partial charge in [-0.3, -0.25) is 0 Å². The van der Waals surface area contributed by atoms with Crippen LogP contribution in [0.25, 0.3) is 0 Å². The fourth-order valence-corrected chi connectivity index (χ4v) is 5.33. The molecule has 1 amide bonds.